The molecule has 1 aliphatic carbocycles. The van der Waals surface area contributed by atoms with Gasteiger partial charge < -0.3 is 23.7 Å². The molecule has 0 N–H and O–H groups in total. The van der Waals surface area contributed by atoms with Crippen LogP contribution < -0.4 is 14.2 Å². The van der Waals surface area contributed by atoms with Crippen LogP contribution in [0.3, 0.4) is 0 Å². The van der Waals surface area contributed by atoms with Crippen LogP contribution in [0.1, 0.15) is 35.7 Å². The summed E-state index contributed by atoms with van der Waals surface area (Å²) in [5.74, 6) is -0.279. The summed E-state index contributed by atoms with van der Waals surface area (Å²) in [4.78, 5) is 47.0. The highest BCUT2D eigenvalue weighted by Crippen LogP contribution is 2.27. The number of carbonyl (C=O) groups is 4. The SMILES string of the molecule is COC(=O)OC1=CC=C(C(=O)Oc2ccc(OC(=O)c3ccc(OC(C)=O)cc3)c(C)c2)CC1. The Hall–Kier alpha value is -4.40. The zero-order valence-electron chi connectivity index (χ0n) is 18.8. The fourth-order valence-electron chi connectivity index (χ4n) is 2.98. The van der Waals surface area contributed by atoms with Crippen LogP contribution in [-0.2, 0) is 19.1 Å². The second kappa shape index (κ2) is 11.0. The van der Waals surface area contributed by atoms with Crippen molar-refractivity contribution in [1.29, 1.82) is 0 Å². The minimum absolute atomic E-state index is 0.277. The fourth-order valence-corrected chi connectivity index (χ4v) is 2.98. The van der Waals surface area contributed by atoms with E-state index in [-0.39, 0.29) is 11.3 Å². The van der Waals surface area contributed by atoms with Crippen molar-refractivity contribution in [3.8, 4) is 17.2 Å². The third kappa shape index (κ3) is 6.55. The van der Waals surface area contributed by atoms with E-state index < -0.39 is 24.1 Å². The molecule has 0 radical (unpaired) electrons. The van der Waals surface area contributed by atoms with Gasteiger partial charge in [0.1, 0.15) is 23.0 Å². The lowest BCUT2D eigenvalue weighted by Gasteiger charge is -2.14. The molecule has 0 aliphatic heterocycles. The van der Waals surface area contributed by atoms with E-state index in [0.717, 1.165) is 0 Å². The predicted molar refractivity (Wildman–Crippen MR) is 118 cm³/mol. The molecule has 0 saturated carbocycles. The maximum Gasteiger partial charge on any atom is 0.513 e. The highest BCUT2D eigenvalue weighted by Gasteiger charge is 2.19. The summed E-state index contributed by atoms with van der Waals surface area (Å²) < 4.78 is 25.1. The quantitative estimate of drug-likeness (QED) is 0.450. The highest BCUT2D eigenvalue weighted by atomic mass is 16.7. The van der Waals surface area contributed by atoms with E-state index >= 15 is 0 Å². The van der Waals surface area contributed by atoms with Crippen molar-refractivity contribution < 1.29 is 42.9 Å². The summed E-state index contributed by atoms with van der Waals surface area (Å²) >= 11 is 0. The Morgan fingerprint density at radius 1 is 0.765 bits per heavy atom. The van der Waals surface area contributed by atoms with Crippen LogP contribution in [0.4, 0.5) is 4.79 Å². The molecule has 34 heavy (non-hydrogen) atoms. The molecule has 2 aromatic rings. The van der Waals surface area contributed by atoms with Gasteiger partial charge in [-0.1, -0.05) is 0 Å². The normalized spacial score (nSPS) is 12.6. The first-order valence-electron chi connectivity index (χ1n) is 10.2. The van der Waals surface area contributed by atoms with Gasteiger partial charge in [-0.2, -0.15) is 0 Å². The van der Waals surface area contributed by atoms with E-state index in [1.165, 1.54) is 62.6 Å². The van der Waals surface area contributed by atoms with Crippen LogP contribution in [-0.4, -0.2) is 31.2 Å². The van der Waals surface area contributed by atoms with E-state index in [1.54, 1.807) is 13.0 Å². The Morgan fingerprint density at radius 3 is 2.06 bits per heavy atom. The lowest BCUT2D eigenvalue weighted by atomic mass is 10.0. The zero-order chi connectivity index (χ0) is 24.7. The minimum Gasteiger partial charge on any atom is -0.437 e. The number of carbonyl (C=O) groups excluding carboxylic acids is 4. The molecule has 176 valence electrons. The van der Waals surface area contributed by atoms with Gasteiger partial charge in [0.05, 0.1) is 12.7 Å². The Balaban J connectivity index is 1.60. The van der Waals surface area contributed by atoms with E-state index in [9.17, 15) is 19.2 Å². The monoisotopic (exact) mass is 466 g/mol. The number of rotatable bonds is 6. The van der Waals surface area contributed by atoms with Crippen molar-refractivity contribution in [2.45, 2.75) is 26.7 Å². The molecule has 0 amide bonds. The van der Waals surface area contributed by atoms with Gasteiger partial charge in [-0.05, 0) is 73.5 Å². The Morgan fingerprint density at radius 2 is 1.47 bits per heavy atom. The van der Waals surface area contributed by atoms with Gasteiger partial charge in [-0.25, -0.2) is 14.4 Å². The number of ether oxygens (including phenoxy) is 5. The molecule has 3 rings (SSSR count). The van der Waals surface area contributed by atoms with Gasteiger partial charge in [0.15, 0.2) is 0 Å². The average Bonchev–Trinajstić information content (AvgIpc) is 2.81. The highest BCUT2D eigenvalue weighted by molar-refractivity contribution is 5.92. The number of methoxy groups -OCH3 is 1. The first-order valence-corrected chi connectivity index (χ1v) is 10.2. The topological polar surface area (TPSA) is 114 Å². The lowest BCUT2D eigenvalue weighted by molar-refractivity contribution is -0.132. The first-order chi connectivity index (χ1) is 16.2. The second-order valence-corrected chi connectivity index (χ2v) is 7.21. The number of allylic oxidation sites excluding steroid dienone is 3. The van der Waals surface area contributed by atoms with E-state index in [0.29, 0.717) is 41.2 Å². The molecule has 9 nitrogen and oxygen atoms in total. The maximum absolute atomic E-state index is 12.4. The molecule has 2 aromatic carbocycles. The molecule has 0 spiro atoms. The first kappa shape index (κ1) is 24.2. The summed E-state index contributed by atoms with van der Waals surface area (Å²) in [6.45, 7) is 3.00. The maximum atomic E-state index is 12.4. The Bertz CT molecular complexity index is 1170. The molecule has 0 atom stereocenters. The number of hydrogen-bond acceptors (Lipinski definition) is 9. The van der Waals surface area contributed by atoms with E-state index in [4.69, 9.17) is 18.9 Å². The fraction of sp³-hybridized carbons (Fsp3) is 0.200. The summed E-state index contributed by atoms with van der Waals surface area (Å²) in [5, 5.41) is 0. The Kier molecular flexibility index (Phi) is 7.81. The average molecular weight is 466 g/mol. The van der Waals surface area contributed by atoms with Crippen LogP contribution >= 0.6 is 0 Å². The third-order valence-electron chi connectivity index (χ3n) is 4.67. The smallest absolute Gasteiger partial charge is 0.437 e. The van der Waals surface area contributed by atoms with Crippen LogP contribution in [0.2, 0.25) is 0 Å². The van der Waals surface area contributed by atoms with Crippen LogP contribution in [0.25, 0.3) is 0 Å². The standard InChI is InChI=1S/C25H22O9/c1-15-14-21(32-23(27)17-6-10-20(11-7-17)33-25(29)30-3)12-13-22(15)34-24(28)18-4-8-19(9-5-18)31-16(2)26/h4-6,8-10,12-14H,7,11H2,1-3H3. The molecule has 0 unspecified atom stereocenters. The van der Waals surface area contributed by atoms with Crippen molar-refractivity contribution >= 4 is 24.1 Å². The predicted octanol–water partition coefficient (Wildman–Crippen LogP) is 4.43. The summed E-state index contributed by atoms with van der Waals surface area (Å²) in [6.07, 6.45) is 2.92. The van der Waals surface area contributed by atoms with Crippen LogP contribution in [0, 0.1) is 6.92 Å². The van der Waals surface area contributed by atoms with Gasteiger partial charge >= 0.3 is 24.1 Å². The second-order valence-electron chi connectivity index (χ2n) is 7.21. The number of hydrogen-bond donors (Lipinski definition) is 0. The largest absolute Gasteiger partial charge is 0.513 e. The zero-order valence-corrected chi connectivity index (χ0v) is 18.8. The molecular weight excluding hydrogens is 444 g/mol. The van der Waals surface area contributed by atoms with Gasteiger partial charge in [-0.15, -0.1) is 0 Å². The summed E-state index contributed by atoms with van der Waals surface area (Å²) in [6, 6.07) is 10.6. The van der Waals surface area contributed by atoms with Crippen molar-refractivity contribution in [3.63, 3.8) is 0 Å². The van der Waals surface area contributed by atoms with Crippen molar-refractivity contribution in [3.05, 3.63) is 77.1 Å². The van der Waals surface area contributed by atoms with Crippen molar-refractivity contribution in [2.75, 3.05) is 7.11 Å². The lowest BCUT2D eigenvalue weighted by Crippen LogP contribution is -2.14. The van der Waals surface area contributed by atoms with E-state index in [2.05, 4.69) is 4.74 Å². The van der Waals surface area contributed by atoms with Crippen LogP contribution in [0.5, 0.6) is 17.2 Å². The molecule has 0 heterocycles. The van der Waals surface area contributed by atoms with E-state index in [1.807, 2.05) is 0 Å². The van der Waals surface area contributed by atoms with Crippen LogP contribution in [0.15, 0.2) is 65.9 Å². The summed E-state index contributed by atoms with van der Waals surface area (Å²) in [5.41, 5.74) is 1.28. The van der Waals surface area contributed by atoms with Gasteiger partial charge in [0, 0.05) is 18.9 Å². The third-order valence-corrected chi connectivity index (χ3v) is 4.67. The molecule has 1 aliphatic rings. The molecule has 9 heteroatoms. The van der Waals surface area contributed by atoms with Crippen molar-refractivity contribution in [1.82, 2.24) is 0 Å². The van der Waals surface area contributed by atoms with Gasteiger partial charge in [-0.3, -0.25) is 4.79 Å². The van der Waals surface area contributed by atoms with Crippen molar-refractivity contribution in [2.24, 2.45) is 0 Å². The Labute approximate surface area is 195 Å². The number of esters is 3. The van der Waals surface area contributed by atoms with Gasteiger partial charge in [0.25, 0.3) is 0 Å². The molecular formula is C25H22O9. The molecule has 0 saturated heterocycles. The molecule has 0 aromatic heterocycles. The molecule has 0 bridgehead atoms. The molecule has 0 fully saturated rings. The van der Waals surface area contributed by atoms with Gasteiger partial charge in [0.2, 0.25) is 0 Å². The minimum atomic E-state index is -0.819. The summed E-state index contributed by atoms with van der Waals surface area (Å²) in [7, 11) is 1.21. The number of benzene rings is 2. The number of aryl methyl sites for hydroxylation is 1.